The highest BCUT2D eigenvalue weighted by Crippen LogP contribution is 2.35. The van der Waals surface area contributed by atoms with E-state index >= 15 is 0 Å². The first-order valence-electron chi connectivity index (χ1n) is 6.43. The maximum atomic E-state index is 13.1. The second kappa shape index (κ2) is 6.00. The molecule has 0 aromatic heterocycles. The van der Waals surface area contributed by atoms with E-state index in [2.05, 4.69) is 5.32 Å². The Morgan fingerprint density at radius 1 is 1.50 bits per heavy atom. The zero-order valence-electron chi connectivity index (χ0n) is 10.5. The molecule has 2 nitrogen and oxygen atoms in total. The van der Waals surface area contributed by atoms with Gasteiger partial charge in [0.2, 0.25) is 0 Å². The van der Waals surface area contributed by atoms with Gasteiger partial charge >= 0.3 is 0 Å². The van der Waals surface area contributed by atoms with E-state index in [9.17, 15) is 4.39 Å². The largest absolute Gasteiger partial charge is 0.396 e. The number of nitrogens with one attached hydrogen (secondary N) is 1. The van der Waals surface area contributed by atoms with Crippen LogP contribution >= 0.6 is 11.6 Å². The summed E-state index contributed by atoms with van der Waals surface area (Å²) in [5.41, 5.74) is 0.977. The average Bonchev–Trinajstić information content (AvgIpc) is 3.16. The smallest absolute Gasteiger partial charge is 0.141 e. The molecule has 1 aromatic rings. The predicted molar refractivity (Wildman–Crippen MR) is 71.2 cm³/mol. The summed E-state index contributed by atoms with van der Waals surface area (Å²) in [7, 11) is 0. The van der Waals surface area contributed by atoms with Gasteiger partial charge in [-0.15, -0.1) is 0 Å². The lowest BCUT2D eigenvalue weighted by Gasteiger charge is -2.23. The summed E-state index contributed by atoms with van der Waals surface area (Å²) in [5.74, 6) is 0.289. The molecule has 1 fully saturated rings. The Morgan fingerprint density at radius 3 is 2.78 bits per heavy atom. The maximum Gasteiger partial charge on any atom is 0.141 e. The van der Waals surface area contributed by atoms with Gasteiger partial charge in [0.25, 0.3) is 0 Å². The summed E-state index contributed by atoms with van der Waals surface area (Å²) in [5, 5.41) is 12.7. The van der Waals surface area contributed by atoms with Crippen molar-refractivity contribution in [2.24, 2.45) is 5.92 Å². The van der Waals surface area contributed by atoms with Crippen LogP contribution in [-0.2, 0) is 0 Å². The maximum absolute atomic E-state index is 13.1. The van der Waals surface area contributed by atoms with Gasteiger partial charge in [0.15, 0.2) is 0 Å². The van der Waals surface area contributed by atoms with Crippen LogP contribution < -0.4 is 5.32 Å². The monoisotopic (exact) mass is 271 g/mol. The highest BCUT2D eigenvalue weighted by Gasteiger charge is 2.31. The van der Waals surface area contributed by atoms with Crippen LogP contribution in [0.15, 0.2) is 18.2 Å². The third kappa shape index (κ3) is 3.44. The Bertz CT molecular complexity index is 409. The Hall–Kier alpha value is -0.640. The lowest BCUT2D eigenvalue weighted by molar-refractivity contribution is 0.250. The summed E-state index contributed by atoms with van der Waals surface area (Å²) >= 11 is 5.79. The minimum absolute atomic E-state index is 0.111. The fourth-order valence-electron chi connectivity index (χ4n) is 2.29. The summed E-state index contributed by atoms with van der Waals surface area (Å²) in [6.07, 6.45) is 3.23. The third-order valence-corrected chi connectivity index (χ3v) is 3.83. The van der Waals surface area contributed by atoms with Crippen molar-refractivity contribution in [3.05, 3.63) is 34.6 Å². The Balaban J connectivity index is 2.00. The second-order valence-corrected chi connectivity index (χ2v) is 5.43. The molecule has 1 aliphatic rings. The molecule has 2 N–H and O–H groups in total. The number of aliphatic hydroxyl groups is 1. The quantitative estimate of drug-likeness (QED) is 0.832. The standard InChI is InChI=1S/C14H19ClFNO/c1-9(11-4-5-13(16)12(15)8-11)17-14(6-7-18)10-2-3-10/h4-5,8-10,14,17-18H,2-3,6-7H2,1H3. The second-order valence-electron chi connectivity index (χ2n) is 5.02. The molecule has 1 aromatic carbocycles. The molecule has 0 amide bonds. The highest BCUT2D eigenvalue weighted by molar-refractivity contribution is 6.30. The summed E-state index contributed by atoms with van der Waals surface area (Å²) in [6.45, 7) is 2.24. The number of halogens is 2. The van der Waals surface area contributed by atoms with E-state index in [1.807, 2.05) is 6.92 Å². The molecular weight excluding hydrogens is 253 g/mol. The molecule has 4 heteroatoms. The fraction of sp³-hybridized carbons (Fsp3) is 0.571. The van der Waals surface area contributed by atoms with Gasteiger partial charge in [0.1, 0.15) is 5.82 Å². The molecule has 2 rings (SSSR count). The summed E-state index contributed by atoms with van der Waals surface area (Å²) in [6, 6.07) is 5.27. The van der Waals surface area contributed by atoms with Crippen molar-refractivity contribution >= 4 is 11.6 Å². The molecule has 0 spiro atoms. The molecule has 0 saturated heterocycles. The minimum Gasteiger partial charge on any atom is -0.396 e. The van der Waals surface area contributed by atoms with E-state index in [0.29, 0.717) is 12.0 Å². The van der Waals surface area contributed by atoms with Crippen LogP contribution in [0, 0.1) is 11.7 Å². The van der Waals surface area contributed by atoms with Gasteiger partial charge in [0.05, 0.1) is 5.02 Å². The van der Waals surface area contributed by atoms with E-state index in [-0.39, 0.29) is 23.5 Å². The lowest BCUT2D eigenvalue weighted by Crippen LogP contribution is -2.34. The van der Waals surface area contributed by atoms with Crippen molar-refractivity contribution in [1.82, 2.24) is 5.32 Å². The number of rotatable bonds is 6. The van der Waals surface area contributed by atoms with Gasteiger partial charge in [-0.2, -0.15) is 0 Å². The first-order chi connectivity index (χ1) is 8.61. The topological polar surface area (TPSA) is 32.3 Å². The van der Waals surface area contributed by atoms with Crippen LogP contribution in [0.3, 0.4) is 0 Å². The van der Waals surface area contributed by atoms with Crippen molar-refractivity contribution in [2.45, 2.75) is 38.3 Å². The first-order valence-corrected chi connectivity index (χ1v) is 6.81. The van der Waals surface area contributed by atoms with Gasteiger partial charge in [-0.1, -0.05) is 17.7 Å². The molecule has 0 heterocycles. The van der Waals surface area contributed by atoms with Crippen LogP contribution in [0.1, 0.15) is 37.8 Å². The van der Waals surface area contributed by atoms with E-state index in [0.717, 1.165) is 12.0 Å². The van der Waals surface area contributed by atoms with Gasteiger partial charge in [-0.05, 0) is 49.8 Å². The average molecular weight is 272 g/mol. The van der Waals surface area contributed by atoms with E-state index in [1.165, 1.54) is 18.9 Å². The molecule has 18 heavy (non-hydrogen) atoms. The number of hydrogen-bond acceptors (Lipinski definition) is 2. The number of benzene rings is 1. The lowest BCUT2D eigenvalue weighted by atomic mass is 10.0. The van der Waals surface area contributed by atoms with Gasteiger partial charge in [-0.3, -0.25) is 0 Å². The summed E-state index contributed by atoms with van der Waals surface area (Å²) < 4.78 is 13.1. The molecule has 2 atom stereocenters. The van der Waals surface area contributed by atoms with Crippen LogP contribution in [-0.4, -0.2) is 17.8 Å². The Labute approximate surface area is 112 Å². The normalized spacial score (nSPS) is 18.7. The Kier molecular flexibility index (Phi) is 4.60. The molecule has 0 aliphatic heterocycles. The number of hydrogen-bond donors (Lipinski definition) is 2. The molecule has 0 bridgehead atoms. The summed E-state index contributed by atoms with van der Waals surface area (Å²) in [4.78, 5) is 0. The highest BCUT2D eigenvalue weighted by atomic mass is 35.5. The van der Waals surface area contributed by atoms with Crippen LogP contribution in [0.5, 0.6) is 0 Å². The number of aliphatic hydroxyl groups excluding tert-OH is 1. The minimum atomic E-state index is -0.387. The SMILES string of the molecule is CC(NC(CCO)C1CC1)c1ccc(F)c(Cl)c1. The predicted octanol–water partition coefficient (Wildman–Crippen LogP) is 3.29. The Morgan fingerprint density at radius 2 is 2.22 bits per heavy atom. The van der Waals surface area contributed by atoms with Gasteiger partial charge in [-0.25, -0.2) is 4.39 Å². The molecule has 1 saturated carbocycles. The van der Waals surface area contributed by atoms with Crippen LogP contribution in [0.4, 0.5) is 4.39 Å². The molecule has 0 radical (unpaired) electrons. The van der Waals surface area contributed by atoms with Crippen molar-refractivity contribution in [3.8, 4) is 0 Å². The third-order valence-electron chi connectivity index (χ3n) is 3.54. The van der Waals surface area contributed by atoms with Crippen molar-refractivity contribution in [2.75, 3.05) is 6.61 Å². The van der Waals surface area contributed by atoms with Crippen molar-refractivity contribution in [3.63, 3.8) is 0 Å². The van der Waals surface area contributed by atoms with Crippen LogP contribution in [0.2, 0.25) is 5.02 Å². The zero-order valence-corrected chi connectivity index (χ0v) is 11.3. The van der Waals surface area contributed by atoms with E-state index in [1.54, 1.807) is 12.1 Å². The van der Waals surface area contributed by atoms with Crippen molar-refractivity contribution < 1.29 is 9.50 Å². The fourth-order valence-corrected chi connectivity index (χ4v) is 2.48. The zero-order chi connectivity index (χ0) is 13.1. The van der Waals surface area contributed by atoms with E-state index < -0.39 is 0 Å². The van der Waals surface area contributed by atoms with Crippen molar-refractivity contribution in [1.29, 1.82) is 0 Å². The molecular formula is C14H19ClFNO. The molecule has 1 aliphatic carbocycles. The van der Waals surface area contributed by atoms with E-state index in [4.69, 9.17) is 16.7 Å². The molecule has 100 valence electrons. The van der Waals surface area contributed by atoms with Gasteiger partial charge in [0, 0.05) is 18.7 Å². The first kappa shape index (κ1) is 13.8. The van der Waals surface area contributed by atoms with Crippen LogP contribution in [0.25, 0.3) is 0 Å². The van der Waals surface area contributed by atoms with Gasteiger partial charge < -0.3 is 10.4 Å². The molecule has 2 unspecified atom stereocenters.